The molecule has 100 valence electrons. The van der Waals surface area contributed by atoms with Gasteiger partial charge in [0.15, 0.2) is 0 Å². The third-order valence-corrected chi connectivity index (χ3v) is 3.10. The van der Waals surface area contributed by atoms with Crippen LogP contribution in [0, 0.1) is 12.7 Å². The molecule has 0 amide bonds. The molecular weight excluding hydrogens is 311 g/mol. The first kappa shape index (κ1) is 13.7. The lowest BCUT2D eigenvalue weighted by Gasteiger charge is -2.12. The Morgan fingerprint density at radius 2 is 1.95 bits per heavy atom. The number of hydrogen-bond acceptors (Lipinski definition) is 3. The molecule has 19 heavy (non-hydrogen) atoms. The zero-order valence-corrected chi connectivity index (χ0v) is 12.2. The van der Waals surface area contributed by atoms with E-state index in [1.54, 1.807) is 6.07 Å². The summed E-state index contributed by atoms with van der Waals surface area (Å²) in [5, 5.41) is 3.02. The molecular formula is C14H14BrFN2O. The van der Waals surface area contributed by atoms with E-state index >= 15 is 0 Å². The van der Waals surface area contributed by atoms with Gasteiger partial charge in [0.2, 0.25) is 0 Å². The van der Waals surface area contributed by atoms with E-state index in [4.69, 9.17) is 10.5 Å². The topological polar surface area (TPSA) is 47.3 Å². The molecule has 2 aromatic carbocycles. The lowest BCUT2D eigenvalue weighted by molar-refractivity contribution is 0.416. The van der Waals surface area contributed by atoms with Gasteiger partial charge in [0.05, 0.1) is 18.5 Å². The van der Waals surface area contributed by atoms with Crippen molar-refractivity contribution in [1.29, 1.82) is 0 Å². The highest BCUT2D eigenvalue weighted by molar-refractivity contribution is 9.10. The molecule has 0 saturated heterocycles. The highest BCUT2D eigenvalue weighted by Crippen LogP contribution is 2.31. The minimum atomic E-state index is -0.420. The van der Waals surface area contributed by atoms with Crippen LogP contribution >= 0.6 is 15.9 Å². The second-order valence-electron chi connectivity index (χ2n) is 4.22. The predicted molar refractivity (Wildman–Crippen MR) is 79.5 cm³/mol. The van der Waals surface area contributed by atoms with E-state index in [1.807, 2.05) is 25.1 Å². The fourth-order valence-electron chi connectivity index (χ4n) is 1.81. The van der Waals surface area contributed by atoms with Gasteiger partial charge in [-0.25, -0.2) is 4.39 Å². The minimum Gasteiger partial charge on any atom is -0.495 e. The first-order valence-corrected chi connectivity index (χ1v) is 6.46. The number of nitrogen functional groups attached to an aromatic ring is 1. The molecule has 0 fully saturated rings. The number of halogens is 2. The number of nitrogens with two attached hydrogens (primary N) is 1. The van der Waals surface area contributed by atoms with E-state index in [2.05, 4.69) is 21.2 Å². The number of methoxy groups -OCH3 is 1. The summed E-state index contributed by atoms with van der Waals surface area (Å²) in [6.07, 6.45) is 0. The maximum atomic E-state index is 13.8. The second-order valence-corrected chi connectivity index (χ2v) is 5.13. The van der Waals surface area contributed by atoms with Gasteiger partial charge < -0.3 is 15.8 Å². The first-order valence-electron chi connectivity index (χ1n) is 5.67. The molecule has 0 heterocycles. The quantitative estimate of drug-likeness (QED) is 0.830. The summed E-state index contributed by atoms with van der Waals surface area (Å²) < 4.78 is 19.9. The van der Waals surface area contributed by atoms with Gasteiger partial charge in [-0.1, -0.05) is 15.9 Å². The van der Waals surface area contributed by atoms with Crippen LogP contribution in [0.25, 0.3) is 0 Å². The third-order valence-electron chi connectivity index (χ3n) is 2.64. The third kappa shape index (κ3) is 3.17. The first-order chi connectivity index (χ1) is 8.99. The summed E-state index contributed by atoms with van der Waals surface area (Å²) >= 11 is 3.41. The fourth-order valence-corrected chi connectivity index (χ4v) is 2.41. The minimum absolute atomic E-state index is 0.274. The Hall–Kier alpha value is -1.75. The molecule has 2 aromatic rings. The van der Waals surface area contributed by atoms with Crippen molar-refractivity contribution in [3.8, 4) is 5.75 Å². The lowest BCUT2D eigenvalue weighted by Crippen LogP contribution is -1.99. The average Bonchev–Trinajstić information content (AvgIpc) is 2.31. The Bertz CT molecular complexity index is 596. The number of anilines is 3. The summed E-state index contributed by atoms with van der Waals surface area (Å²) in [5.41, 5.74) is 8.10. The van der Waals surface area contributed by atoms with Crippen LogP contribution in [0.1, 0.15) is 5.56 Å². The second kappa shape index (κ2) is 5.48. The van der Waals surface area contributed by atoms with Crippen LogP contribution in [0.15, 0.2) is 34.8 Å². The van der Waals surface area contributed by atoms with Gasteiger partial charge in [-0.3, -0.25) is 0 Å². The fraction of sp³-hybridized carbons (Fsp3) is 0.143. The van der Waals surface area contributed by atoms with Crippen LogP contribution in [-0.2, 0) is 0 Å². The molecule has 3 nitrogen and oxygen atoms in total. The van der Waals surface area contributed by atoms with Gasteiger partial charge in [0.1, 0.15) is 11.6 Å². The smallest absolute Gasteiger partial charge is 0.148 e. The molecule has 0 aliphatic rings. The zero-order chi connectivity index (χ0) is 14.0. The van der Waals surface area contributed by atoms with E-state index < -0.39 is 5.82 Å². The number of hydrogen-bond donors (Lipinski definition) is 2. The molecule has 2 rings (SSSR count). The summed E-state index contributed by atoms with van der Waals surface area (Å²) in [7, 11) is 1.50. The van der Waals surface area contributed by atoms with E-state index in [0.29, 0.717) is 11.4 Å². The summed E-state index contributed by atoms with van der Waals surface area (Å²) in [4.78, 5) is 0. The Kier molecular flexibility index (Phi) is 3.95. The lowest BCUT2D eigenvalue weighted by atomic mass is 10.2. The summed E-state index contributed by atoms with van der Waals surface area (Å²) in [6, 6.07) is 8.56. The number of aryl methyl sites for hydroxylation is 1. The normalized spacial score (nSPS) is 10.3. The van der Waals surface area contributed by atoms with Gasteiger partial charge in [0.25, 0.3) is 0 Å². The molecule has 0 atom stereocenters. The predicted octanol–water partition coefficient (Wildman–Crippen LogP) is 4.23. The van der Waals surface area contributed by atoms with Gasteiger partial charge in [-0.2, -0.15) is 0 Å². The van der Waals surface area contributed by atoms with Crippen LogP contribution in [0.2, 0.25) is 0 Å². The van der Waals surface area contributed by atoms with Crippen molar-refractivity contribution < 1.29 is 9.13 Å². The van der Waals surface area contributed by atoms with Crippen molar-refractivity contribution in [2.75, 3.05) is 18.2 Å². The highest BCUT2D eigenvalue weighted by Gasteiger charge is 2.09. The molecule has 0 spiro atoms. The van der Waals surface area contributed by atoms with Gasteiger partial charge >= 0.3 is 0 Å². The van der Waals surface area contributed by atoms with Crippen molar-refractivity contribution in [1.82, 2.24) is 0 Å². The van der Waals surface area contributed by atoms with E-state index in [-0.39, 0.29) is 5.69 Å². The highest BCUT2D eigenvalue weighted by atomic mass is 79.9. The Balaban J connectivity index is 2.37. The molecule has 0 saturated carbocycles. The maximum absolute atomic E-state index is 13.8. The number of rotatable bonds is 3. The van der Waals surface area contributed by atoms with Gasteiger partial charge in [-0.05, 0) is 30.7 Å². The van der Waals surface area contributed by atoms with Gasteiger partial charge in [0, 0.05) is 22.3 Å². The van der Waals surface area contributed by atoms with Crippen molar-refractivity contribution in [3.05, 3.63) is 46.2 Å². The van der Waals surface area contributed by atoms with Crippen LogP contribution in [0.3, 0.4) is 0 Å². The standard InChI is InChI=1S/C14H14BrFN2O/c1-8-3-9(15)5-10(4-8)18-13-7-14(19-2)12(17)6-11(13)16/h3-7,18H,17H2,1-2H3. The van der Waals surface area contributed by atoms with Crippen LogP contribution in [-0.4, -0.2) is 7.11 Å². The number of benzene rings is 2. The average molecular weight is 325 g/mol. The zero-order valence-electron chi connectivity index (χ0n) is 10.6. The van der Waals surface area contributed by atoms with E-state index in [9.17, 15) is 4.39 Å². The van der Waals surface area contributed by atoms with Crippen LogP contribution < -0.4 is 15.8 Å². The summed E-state index contributed by atoms with van der Waals surface area (Å²) in [5.74, 6) is 0.0200. The van der Waals surface area contributed by atoms with E-state index in [1.165, 1.54) is 13.2 Å². The Morgan fingerprint density at radius 3 is 2.58 bits per heavy atom. The van der Waals surface area contributed by atoms with E-state index in [0.717, 1.165) is 15.7 Å². The molecule has 0 radical (unpaired) electrons. The molecule has 0 aliphatic carbocycles. The van der Waals surface area contributed by atoms with Crippen molar-refractivity contribution >= 4 is 33.0 Å². The molecule has 5 heteroatoms. The van der Waals surface area contributed by atoms with Gasteiger partial charge in [-0.15, -0.1) is 0 Å². The number of ether oxygens (including phenoxy) is 1. The maximum Gasteiger partial charge on any atom is 0.148 e. The molecule has 0 aromatic heterocycles. The molecule has 0 unspecified atom stereocenters. The Morgan fingerprint density at radius 1 is 1.21 bits per heavy atom. The largest absolute Gasteiger partial charge is 0.495 e. The Labute approximate surface area is 119 Å². The van der Waals surface area contributed by atoms with Crippen LogP contribution in [0.5, 0.6) is 5.75 Å². The molecule has 3 N–H and O–H groups in total. The summed E-state index contributed by atoms with van der Waals surface area (Å²) in [6.45, 7) is 1.97. The molecule has 0 aliphatic heterocycles. The van der Waals surface area contributed by atoms with Crippen LogP contribution in [0.4, 0.5) is 21.5 Å². The van der Waals surface area contributed by atoms with Crippen molar-refractivity contribution in [2.45, 2.75) is 6.92 Å². The molecule has 0 bridgehead atoms. The monoisotopic (exact) mass is 324 g/mol. The van der Waals surface area contributed by atoms with Crippen molar-refractivity contribution in [2.24, 2.45) is 0 Å². The number of nitrogens with one attached hydrogen (secondary N) is 1. The SMILES string of the molecule is COc1cc(Nc2cc(C)cc(Br)c2)c(F)cc1N. The van der Waals surface area contributed by atoms with Crippen molar-refractivity contribution in [3.63, 3.8) is 0 Å².